The molecule has 0 radical (unpaired) electrons. The molecule has 0 atom stereocenters. The molecule has 0 aliphatic heterocycles. The first kappa shape index (κ1) is 21.9. The molecule has 0 spiro atoms. The van der Waals surface area contributed by atoms with Crippen LogP contribution in [-0.2, 0) is 4.79 Å². The predicted molar refractivity (Wildman–Crippen MR) is 114 cm³/mol. The minimum absolute atomic E-state index is 0.172. The first-order valence-corrected chi connectivity index (χ1v) is 9.74. The molecule has 0 heterocycles. The van der Waals surface area contributed by atoms with Gasteiger partial charge in [-0.25, -0.2) is 0 Å². The van der Waals surface area contributed by atoms with Crippen molar-refractivity contribution in [2.45, 2.75) is 18.9 Å². The molecule has 1 aliphatic carbocycles. The van der Waals surface area contributed by atoms with Crippen molar-refractivity contribution >= 4 is 23.4 Å². The topological polar surface area (TPSA) is 115 Å². The zero-order valence-electron chi connectivity index (χ0n) is 17.6. The van der Waals surface area contributed by atoms with Crippen molar-refractivity contribution in [2.24, 2.45) is 0 Å². The van der Waals surface area contributed by atoms with Gasteiger partial charge < -0.3 is 30.2 Å². The van der Waals surface area contributed by atoms with Gasteiger partial charge in [-0.15, -0.1) is 0 Å². The quantitative estimate of drug-likeness (QED) is 0.564. The molecular weight excluding hydrogens is 402 g/mol. The maximum Gasteiger partial charge on any atom is 0.251 e. The lowest BCUT2D eigenvalue weighted by molar-refractivity contribution is -0.115. The summed E-state index contributed by atoms with van der Waals surface area (Å²) in [5.74, 6) is -0.0535. The molecule has 2 aromatic rings. The molecule has 0 unspecified atom stereocenters. The highest BCUT2D eigenvalue weighted by Gasteiger charge is 2.24. The summed E-state index contributed by atoms with van der Waals surface area (Å²) in [6.45, 7) is -0.256. The van der Waals surface area contributed by atoms with Gasteiger partial charge in [0.1, 0.15) is 0 Å². The normalized spacial score (nSPS) is 12.5. The Labute approximate surface area is 180 Å². The van der Waals surface area contributed by atoms with Crippen molar-refractivity contribution in [3.63, 3.8) is 0 Å². The summed E-state index contributed by atoms with van der Waals surface area (Å²) in [6.07, 6.45) is 1.99. The molecule has 1 fully saturated rings. The third-order valence-corrected chi connectivity index (χ3v) is 4.66. The zero-order valence-corrected chi connectivity index (χ0v) is 17.6. The van der Waals surface area contributed by atoms with Crippen LogP contribution in [-0.4, -0.2) is 51.6 Å². The lowest BCUT2D eigenvalue weighted by atomic mass is 10.1. The molecule has 9 nitrogen and oxygen atoms in total. The van der Waals surface area contributed by atoms with E-state index in [4.69, 9.17) is 14.2 Å². The SMILES string of the molecule is COc1cc(C(=O)NCC(=O)Nc2cccc(C(=O)NC3CC3)c2)cc(OC)c1OC. The van der Waals surface area contributed by atoms with Crippen LogP contribution in [0.15, 0.2) is 36.4 Å². The van der Waals surface area contributed by atoms with Gasteiger partial charge in [0.25, 0.3) is 11.8 Å². The van der Waals surface area contributed by atoms with Gasteiger partial charge in [0, 0.05) is 22.9 Å². The van der Waals surface area contributed by atoms with Crippen LogP contribution in [0.4, 0.5) is 5.69 Å². The molecule has 3 amide bonds. The molecule has 3 N–H and O–H groups in total. The average Bonchev–Trinajstić information content (AvgIpc) is 3.60. The highest BCUT2D eigenvalue weighted by atomic mass is 16.5. The molecule has 2 aromatic carbocycles. The fourth-order valence-corrected chi connectivity index (χ4v) is 2.91. The van der Waals surface area contributed by atoms with Gasteiger partial charge in [0.15, 0.2) is 11.5 Å². The number of benzene rings is 2. The zero-order chi connectivity index (χ0) is 22.4. The Morgan fingerprint density at radius 2 is 1.58 bits per heavy atom. The van der Waals surface area contributed by atoms with Gasteiger partial charge in [0.05, 0.1) is 27.9 Å². The molecule has 1 aliphatic rings. The number of rotatable bonds is 9. The summed E-state index contributed by atoms with van der Waals surface area (Å²) in [4.78, 5) is 36.9. The smallest absolute Gasteiger partial charge is 0.251 e. The number of anilines is 1. The molecule has 9 heteroatoms. The minimum Gasteiger partial charge on any atom is -0.493 e. The minimum atomic E-state index is -0.480. The standard InChI is InChI=1S/C22H25N3O6/c1-29-17-10-14(11-18(30-2)20(17)31-3)21(27)23-12-19(26)24-16-6-4-5-13(9-16)22(28)25-15-7-8-15/h4-6,9-11,15H,7-8,12H2,1-3H3,(H,23,27)(H,24,26)(H,25,28). The lowest BCUT2D eigenvalue weighted by Crippen LogP contribution is -2.33. The maximum atomic E-state index is 12.5. The average molecular weight is 427 g/mol. The number of amides is 3. The lowest BCUT2D eigenvalue weighted by Gasteiger charge is -2.14. The van der Waals surface area contributed by atoms with E-state index < -0.39 is 11.8 Å². The van der Waals surface area contributed by atoms with Crippen molar-refractivity contribution in [1.82, 2.24) is 10.6 Å². The third kappa shape index (κ3) is 5.65. The number of methoxy groups -OCH3 is 3. The van der Waals surface area contributed by atoms with Crippen LogP contribution in [0.25, 0.3) is 0 Å². The molecule has 0 bridgehead atoms. The number of ether oxygens (including phenoxy) is 3. The fraction of sp³-hybridized carbons (Fsp3) is 0.318. The summed E-state index contributed by atoms with van der Waals surface area (Å²) in [5, 5.41) is 8.12. The molecule has 31 heavy (non-hydrogen) atoms. The van der Waals surface area contributed by atoms with Crippen molar-refractivity contribution in [2.75, 3.05) is 33.2 Å². The van der Waals surface area contributed by atoms with E-state index in [2.05, 4.69) is 16.0 Å². The van der Waals surface area contributed by atoms with Crippen molar-refractivity contribution in [3.8, 4) is 17.2 Å². The number of carbonyl (C=O) groups excluding carboxylic acids is 3. The van der Waals surface area contributed by atoms with Gasteiger partial charge in [0.2, 0.25) is 11.7 Å². The first-order chi connectivity index (χ1) is 14.9. The Bertz CT molecular complexity index is 962. The molecule has 0 aromatic heterocycles. The van der Waals surface area contributed by atoms with Crippen molar-refractivity contribution in [1.29, 1.82) is 0 Å². The second-order valence-electron chi connectivity index (χ2n) is 6.97. The summed E-state index contributed by atoms with van der Waals surface area (Å²) in [7, 11) is 4.37. The predicted octanol–water partition coefficient (Wildman–Crippen LogP) is 1.97. The van der Waals surface area contributed by atoms with Crippen LogP contribution in [0.2, 0.25) is 0 Å². The third-order valence-electron chi connectivity index (χ3n) is 4.66. The van der Waals surface area contributed by atoms with E-state index in [0.717, 1.165) is 12.8 Å². The highest BCUT2D eigenvalue weighted by Crippen LogP contribution is 2.38. The molecule has 0 saturated heterocycles. The number of hydrogen-bond donors (Lipinski definition) is 3. The number of hydrogen-bond acceptors (Lipinski definition) is 6. The van der Waals surface area contributed by atoms with E-state index in [1.807, 2.05) is 0 Å². The highest BCUT2D eigenvalue weighted by molar-refractivity contribution is 6.01. The van der Waals surface area contributed by atoms with E-state index in [1.165, 1.54) is 33.5 Å². The Balaban J connectivity index is 1.59. The van der Waals surface area contributed by atoms with Gasteiger partial charge in [-0.05, 0) is 43.2 Å². The Kier molecular flexibility index (Phi) is 6.96. The molecule has 164 valence electrons. The van der Waals surface area contributed by atoms with E-state index in [1.54, 1.807) is 24.3 Å². The van der Waals surface area contributed by atoms with Crippen LogP contribution in [0.5, 0.6) is 17.2 Å². The van der Waals surface area contributed by atoms with Crippen LogP contribution in [0, 0.1) is 0 Å². The second-order valence-corrected chi connectivity index (χ2v) is 6.97. The van der Waals surface area contributed by atoms with Gasteiger partial charge >= 0.3 is 0 Å². The molecular formula is C22H25N3O6. The monoisotopic (exact) mass is 427 g/mol. The maximum absolute atomic E-state index is 12.5. The van der Waals surface area contributed by atoms with Crippen LogP contribution >= 0.6 is 0 Å². The van der Waals surface area contributed by atoms with Crippen molar-refractivity contribution in [3.05, 3.63) is 47.5 Å². The summed E-state index contributed by atoms with van der Waals surface area (Å²) in [6, 6.07) is 9.87. The summed E-state index contributed by atoms with van der Waals surface area (Å²) >= 11 is 0. The van der Waals surface area contributed by atoms with E-state index in [0.29, 0.717) is 28.5 Å². The van der Waals surface area contributed by atoms with Gasteiger partial charge in [-0.3, -0.25) is 14.4 Å². The Morgan fingerprint density at radius 1 is 0.903 bits per heavy atom. The fourth-order valence-electron chi connectivity index (χ4n) is 2.91. The van der Waals surface area contributed by atoms with Crippen LogP contribution in [0.3, 0.4) is 0 Å². The molecule has 1 saturated carbocycles. The van der Waals surface area contributed by atoms with Gasteiger partial charge in [-0.2, -0.15) is 0 Å². The van der Waals surface area contributed by atoms with Crippen LogP contribution in [0.1, 0.15) is 33.6 Å². The number of nitrogens with one attached hydrogen (secondary N) is 3. The largest absolute Gasteiger partial charge is 0.493 e. The Morgan fingerprint density at radius 3 is 2.16 bits per heavy atom. The van der Waals surface area contributed by atoms with E-state index in [-0.39, 0.29) is 24.1 Å². The van der Waals surface area contributed by atoms with E-state index in [9.17, 15) is 14.4 Å². The van der Waals surface area contributed by atoms with Crippen LogP contribution < -0.4 is 30.2 Å². The first-order valence-electron chi connectivity index (χ1n) is 9.74. The van der Waals surface area contributed by atoms with Crippen molar-refractivity contribution < 1.29 is 28.6 Å². The van der Waals surface area contributed by atoms with Gasteiger partial charge in [-0.1, -0.05) is 6.07 Å². The second kappa shape index (κ2) is 9.84. The summed E-state index contributed by atoms with van der Waals surface area (Å²) < 4.78 is 15.7. The summed E-state index contributed by atoms with van der Waals surface area (Å²) in [5.41, 5.74) is 1.18. The molecule has 3 rings (SSSR count). The Hall–Kier alpha value is -3.75. The number of carbonyl (C=O) groups is 3. The van der Waals surface area contributed by atoms with E-state index >= 15 is 0 Å².